The van der Waals surface area contributed by atoms with E-state index in [2.05, 4.69) is 22.2 Å². The highest BCUT2D eigenvalue weighted by Gasteiger charge is 2.18. The van der Waals surface area contributed by atoms with Gasteiger partial charge in [0.1, 0.15) is 0 Å². The van der Waals surface area contributed by atoms with Gasteiger partial charge in [0.05, 0.1) is 18.8 Å². The van der Waals surface area contributed by atoms with Gasteiger partial charge < -0.3 is 5.32 Å². The number of likely N-dealkylation sites (tertiary alicyclic amines) is 1. The molecule has 0 aromatic carbocycles. The summed E-state index contributed by atoms with van der Waals surface area (Å²) in [6, 6.07) is 1.97. The van der Waals surface area contributed by atoms with Crippen LogP contribution in [0.3, 0.4) is 0 Å². The summed E-state index contributed by atoms with van der Waals surface area (Å²) < 4.78 is 1.86. The molecule has 1 atom stereocenters. The van der Waals surface area contributed by atoms with Gasteiger partial charge in [0, 0.05) is 19.3 Å². The summed E-state index contributed by atoms with van der Waals surface area (Å²) in [5, 5.41) is 7.25. The number of nitrogens with zero attached hydrogens (tertiary/aromatic N) is 3. The summed E-state index contributed by atoms with van der Waals surface area (Å²) in [6.45, 7) is 8.22. The van der Waals surface area contributed by atoms with Crippen molar-refractivity contribution >= 4 is 5.91 Å². The van der Waals surface area contributed by atoms with Gasteiger partial charge in [-0.05, 0) is 38.3 Å². The van der Waals surface area contributed by atoms with E-state index in [9.17, 15) is 4.79 Å². The molecule has 0 saturated carbocycles. The number of carbonyl (C=O) groups excluding carboxylic acids is 1. The Morgan fingerprint density at radius 3 is 3.11 bits per heavy atom. The fourth-order valence-corrected chi connectivity index (χ4v) is 2.59. The van der Waals surface area contributed by atoms with Crippen molar-refractivity contribution in [3.05, 3.63) is 18.0 Å². The van der Waals surface area contributed by atoms with E-state index >= 15 is 0 Å². The highest BCUT2D eigenvalue weighted by Crippen LogP contribution is 2.14. The standard InChI is InChI=1S/C14H24N4O/c1-12-4-3-7-17(10-12)11-14(19)15-6-9-18-8-5-13(2)16-18/h5,8,12H,3-4,6-7,9-11H2,1-2H3,(H,15,19). The van der Waals surface area contributed by atoms with E-state index < -0.39 is 0 Å². The van der Waals surface area contributed by atoms with Crippen molar-refractivity contribution in [3.8, 4) is 0 Å². The molecule has 1 saturated heterocycles. The first-order chi connectivity index (χ1) is 9.13. The molecule has 1 aliphatic rings. The van der Waals surface area contributed by atoms with Crippen molar-refractivity contribution in [2.45, 2.75) is 33.2 Å². The lowest BCUT2D eigenvalue weighted by atomic mass is 10.0. The van der Waals surface area contributed by atoms with Gasteiger partial charge in [0.15, 0.2) is 0 Å². The van der Waals surface area contributed by atoms with Crippen molar-refractivity contribution in [1.29, 1.82) is 0 Å². The Bertz CT molecular complexity index is 415. The number of aromatic nitrogens is 2. The molecule has 1 aromatic heterocycles. The summed E-state index contributed by atoms with van der Waals surface area (Å²) in [5.74, 6) is 0.839. The van der Waals surface area contributed by atoms with Gasteiger partial charge in [0.25, 0.3) is 0 Å². The predicted molar refractivity (Wildman–Crippen MR) is 74.8 cm³/mol. The van der Waals surface area contributed by atoms with E-state index in [-0.39, 0.29) is 5.91 Å². The van der Waals surface area contributed by atoms with E-state index in [1.807, 2.05) is 23.9 Å². The van der Waals surface area contributed by atoms with Crippen LogP contribution in [0.1, 0.15) is 25.5 Å². The molecule has 1 fully saturated rings. The summed E-state index contributed by atoms with van der Waals surface area (Å²) in [5.41, 5.74) is 1.01. The highest BCUT2D eigenvalue weighted by molar-refractivity contribution is 5.77. The zero-order chi connectivity index (χ0) is 13.7. The topological polar surface area (TPSA) is 50.2 Å². The Kier molecular flexibility index (Phi) is 4.96. The van der Waals surface area contributed by atoms with Crippen LogP contribution in [0.15, 0.2) is 12.3 Å². The van der Waals surface area contributed by atoms with Crippen LogP contribution in [0, 0.1) is 12.8 Å². The van der Waals surface area contributed by atoms with Gasteiger partial charge in [-0.15, -0.1) is 0 Å². The van der Waals surface area contributed by atoms with Crippen LogP contribution < -0.4 is 5.32 Å². The number of piperidine rings is 1. The molecule has 5 nitrogen and oxygen atoms in total. The number of hydrogen-bond acceptors (Lipinski definition) is 3. The summed E-state index contributed by atoms with van der Waals surface area (Å²) in [6.07, 6.45) is 4.44. The normalized spacial score (nSPS) is 20.4. The predicted octanol–water partition coefficient (Wildman–Crippen LogP) is 1.04. The third-order valence-electron chi connectivity index (χ3n) is 3.55. The Labute approximate surface area is 115 Å². The van der Waals surface area contributed by atoms with Crippen molar-refractivity contribution in [2.24, 2.45) is 5.92 Å². The second-order valence-electron chi connectivity index (χ2n) is 5.55. The number of hydrogen-bond donors (Lipinski definition) is 1. The SMILES string of the molecule is Cc1ccn(CCNC(=O)CN2CCCC(C)C2)n1. The van der Waals surface area contributed by atoms with Crippen molar-refractivity contribution in [1.82, 2.24) is 20.0 Å². The second kappa shape index (κ2) is 6.70. The average molecular weight is 264 g/mol. The van der Waals surface area contributed by atoms with Crippen LogP contribution in [-0.4, -0.2) is 46.8 Å². The Balaban J connectivity index is 1.64. The third-order valence-corrected chi connectivity index (χ3v) is 3.55. The molecule has 19 heavy (non-hydrogen) atoms. The van der Waals surface area contributed by atoms with Gasteiger partial charge in [-0.25, -0.2) is 0 Å². The van der Waals surface area contributed by atoms with E-state index in [1.165, 1.54) is 12.8 Å². The first-order valence-corrected chi connectivity index (χ1v) is 7.12. The van der Waals surface area contributed by atoms with E-state index in [1.54, 1.807) is 0 Å². The zero-order valence-electron chi connectivity index (χ0n) is 11.9. The van der Waals surface area contributed by atoms with E-state index in [0.29, 0.717) is 19.0 Å². The molecule has 1 unspecified atom stereocenters. The molecule has 2 rings (SSSR count). The van der Waals surface area contributed by atoms with Gasteiger partial charge in [-0.1, -0.05) is 6.92 Å². The van der Waals surface area contributed by atoms with Crippen molar-refractivity contribution in [3.63, 3.8) is 0 Å². The fraction of sp³-hybridized carbons (Fsp3) is 0.714. The molecule has 2 heterocycles. The zero-order valence-corrected chi connectivity index (χ0v) is 11.9. The first-order valence-electron chi connectivity index (χ1n) is 7.12. The Morgan fingerprint density at radius 1 is 1.58 bits per heavy atom. The minimum absolute atomic E-state index is 0.123. The number of carbonyl (C=O) groups is 1. The monoisotopic (exact) mass is 264 g/mol. The molecule has 1 N–H and O–H groups in total. The maximum atomic E-state index is 11.8. The quantitative estimate of drug-likeness (QED) is 0.864. The van der Waals surface area contributed by atoms with Crippen LogP contribution >= 0.6 is 0 Å². The number of amides is 1. The lowest BCUT2D eigenvalue weighted by molar-refractivity contribution is -0.122. The molecule has 0 bridgehead atoms. The highest BCUT2D eigenvalue weighted by atomic mass is 16.2. The largest absolute Gasteiger partial charge is 0.353 e. The lowest BCUT2D eigenvalue weighted by Gasteiger charge is -2.30. The fourth-order valence-electron chi connectivity index (χ4n) is 2.59. The summed E-state index contributed by atoms with van der Waals surface area (Å²) in [7, 11) is 0. The van der Waals surface area contributed by atoms with E-state index in [4.69, 9.17) is 0 Å². The molecule has 5 heteroatoms. The van der Waals surface area contributed by atoms with Crippen LogP contribution in [0.2, 0.25) is 0 Å². The van der Waals surface area contributed by atoms with E-state index in [0.717, 1.165) is 25.3 Å². The smallest absolute Gasteiger partial charge is 0.234 e. The number of rotatable bonds is 5. The maximum absolute atomic E-state index is 11.8. The molecule has 0 radical (unpaired) electrons. The molecule has 1 amide bonds. The molecule has 0 aliphatic carbocycles. The van der Waals surface area contributed by atoms with Crippen LogP contribution in [0.4, 0.5) is 0 Å². The van der Waals surface area contributed by atoms with Crippen LogP contribution in [-0.2, 0) is 11.3 Å². The molecule has 1 aromatic rings. The van der Waals surface area contributed by atoms with Crippen LogP contribution in [0.5, 0.6) is 0 Å². The summed E-state index contributed by atoms with van der Waals surface area (Å²) in [4.78, 5) is 14.1. The summed E-state index contributed by atoms with van der Waals surface area (Å²) >= 11 is 0. The van der Waals surface area contributed by atoms with Crippen molar-refractivity contribution in [2.75, 3.05) is 26.2 Å². The Morgan fingerprint density at radius 2 is 2.42 bits per heavy atom. The average Bonchev–Trinajstić information content (AvgIpc) is 2.75. The van der Waals surface area contributed by atoms with Crippen LogP contribution in [0.25, 0.3) is 0 Å². The molecule has 1 aliphatic heterocycles. The second-order valence-corrected chi connectivity index (χ2v) is 5.55. The Hall–Kier alpha value is -1.36. The molecular formula is C14H24N4O. The van der Waals surface area contributed by atoms with Gasteiger partial charge in [-0.2, -0.15) is 5.10 Å². The van der Waals surface area contributed by atoms with Gasteiger partial charge in [0.2, 0.25) is 5.91 Å². The minimum Gasteiger partial charge on any atom is -0.353 e. The molecule has 106 valence electrons. The van der Waals surface area contributed by atoms with Gasteiger partial charge in [-0.3, -0.25) is 14.4 Å². The minimum atomic E-state index is 0.123. The molecule has 0 spiro atoms. The van der Waals surface area contributed by atoms with Gasteiger partial charge >= 0.3 is 0 Å². The maximum Gasteiger partial charge on any atom is 0.234 e. The number of nitrogens with one attached hydrogen (secondary N) is 1. The third kappa shape index (κ3) is 4.67. The van der Waals surface area contributed by atoms with Crippen molar-refractivity contribution < 1.29 is 4.79 Å². The first kappa shape index (κ1) is 14.1. The lowest BCUT2D eigenvalue weighted by Crippen LogP contribution is -2.42. The molecular weight excluding hydrogens is 240 g/mol. The number of aryl methyl sites for hydroxylation is 1.